The van der Waals surface area contributed by atoms with E-state index in [0.29, 0.717) is 25.0 Å². The van der Waals surface area contributed by atoms with Crippen LogP contribution in [0.2, 0.25) is 0 Å². The Hall–Kier alpha value is -2.25. The van der Waals surface area contributed by atoms with Gasteiger partial charge in [0.15, 0.2) is 6.61 Å². The number of hydrogen-bond donors (Lipinski definition) is 3. The van der Waals surface area contributed by atoms with Crippen LogP contribution in [0.1, 0.15) is 32.1 Å². The lowest BCUT2D eigenvalue weighted by Crippen LogP contribution is -2.25. The second kappa shape index (κ2) is 11.1. The zero-order valence-electron chi connectivity index (χ0n) is 16.2. The lowest BCUT2D eigenvalue weighted by atomic mass is 9.89. The molecule has 1 saturated carbocycles. The first-order chi connectivity index (χ1) is 13.8. The van der Waals surface area contributed by atoms with Crippen LogP contribution in [0, 0.1) is 11.8 Å². The van der Waals surface area contributed by atoms with Crippen molar-refractivity contribution in [3.63, 3.8) is 0 Å². The number of rotatable bonds is 11. The highest BCUT2D eigenvalue weighted by atomic mass is 19.3. The number of carbonyl (C=O) groups is 1. The van der Waals surface area contributed by atoms with Crippen LogP contribution in [0.4, 0.5) is 8.78 Å². The van der Waals surface area contributed by atoms with Gasteiger partial charge in [0.2, 0.25) is 0 Å². The summed E-state index contributed by atoms with van der Waals surface area (Å²) >= 11 is 0. The normalized spacial score (nSPS) is 25.1. The molecule has 29 heavy (non-hydrogen) atoms. The van der Waals surface area contributed by atoms with E-state index in [2.05, 4.69) is 0 Å². The number of halogens is 2. The Bertz CT molecular complexity index is 690. The lowest BCUT2D eigenvalue weighted by Gasteiger charge is -2.20. The zero-order chi connectivity index (χ0) is 21.3. The van der Waals surface area contributed by atoms with Crippen molar-refractivity contribution in [3.05, 3.63) is 54.6 Å². The molecular weight excluding hydrogens is 382 g/mol. The minimum atomic E-state index is -3.21. The number of aliphatic hydroxyl groups is 2. The predicted molar refractivity (Wildman–Crippen MR) is 105 cm³/mol. The average Bonchev–Trinajstić information content (AvgIpc) is 2.94. The van der Waals surface area contributed by atoms with Crippen molar-refractivity contribution in [1.82, 2.24) is 0 Å². The van der Waals surface area contributed by atoms with Gasteiger partial charge in [-0.05, 0) is 43.4 Å². The van der Waals surface area contributed by atoms with Crippen LogP contribution < -0.4 is 4.74 Å². The van der Waals surface area contributed by atoms with Crippen LogP contribution in [-0.4, -0.2) is 46.0 Å². The van der Waals surface area contributed by atoms with Crippen LogP contribution in [0.5, 0.6) is 5.75 Å². The number of aliphatic hydroxyl groups excluding tert-OH is 2. The Morgan fingerprint density at radius 1 is 1.17 bits per heavy atom. The van der Waals surface area contributed by atoms with E-state index < -0.39 is 36.6 Å². The van der Waals surface area contributed by atoms with Crippen LogP contribution in [-0.2, 0) is 4.79 Å². The second-order valence-electron chi connectivity index (χ2n) is 7.33. The van der Waals surface area contributed by atoms with E-state index in [1.807, 2.05) is 12.2 Å². The molecular formula is C22H28F2O5. The number of allylic oxidation sites excluding steroid dienone is 2. The predicted octanol–water partition coefficient (Wildman–Crippen LogP) is 3.82. The van der Waals surface area contributed by atoms with Crippen molar-refractivity contribution < 1.29 is 33.6 Å². The summed E-state index contributed by atoms with van der Waals surface area (Å²) in [5.74, 6) is -4.67. The van der Waals surface area contributed by atoms with E-state index in [9.17, 15) is 23.8 Å². The minimum Gasteiger partial charge on any atom is -0.487 e. The third kappa shape index (κ3) is 7.95. The Morgan fingerprint density at radius 3 is 2.59 bits per heavy atom. The van der Waals surface area contributed by atoms with Gasteiger partial charge < -0.3 is 20.1 Å². The fourth-order valence-corrected chi connectivity index (χ4v) is 3.45. The summed E-state index contributed by atoms with van der Waals surface area (Å²) in [6, 6.07) is 8.34. The van der Waals surface area contributed by atoms with Crippen LogP contribution in [0.3, 0.4) is 0 Å². The highest BCUT2D eigenvalue weighted by Gasteiger charge is 2.40. The molecule has 5 nitrogen and oxygen atoms in total. The molecule has 0 radical (unpaired) electrons. The SMILES string of the molecule is O=C(O)CCCC=CCC1[C@@H](C=CC(F)(F)COc2ccccc2)[C@H](O)C[C@@H]1O. The van der Waals surface area contributed by atoms with Gasteiger partial charge in [0, 0.05) is 18.8 Å². The standard InChI is InChI=1S/C22H28F2O5/c23-22(24,15-29-16-8-4-3-5-9-16)13-12-18-17(19(25)14-20(18)26)10-6-1-2-7-11-21(27)28/h1,3-6,8-9,12-13,17-20,25-26H,2,7,10-11,14-15H2,(H,27,28)/t17?,18-,19+,20-/m1/s1. The maximum absolute atomic E-state index is 14.2. The first kappa shape index (κ1) is 23.0. The van der Waals surface area contributed by atoms with Gasteiger partial charge >= 0.3 is 5.97 Å². The van der Waals surface area contributed by atoms with Gasteiger partial charge in [0.05, 0.1) is 12.2 Å². The quantitative estimate of drug-likeness (QED) is 0.381. The van der Waals surface area contributed by atoms with E-state index in [1.165, 1.54) is 6.08 Å². The molecule has 0 spiro atoms. The number of unbranched alkanes of at least 4 members (excludes halogenated alkanes) is 1. The fraction of sp³-hybridized carbons (Fsp3) is 0.500. The van der Waals surface area contributed by atoms with Gasteiger partial charge in [-0.3, -0.25) is 4.79 Å². The first-order valence-electron chi connectivity index (χ1n) is 9.76. The first-order valence-corrected chi connectivity index (χ1v) is 9.76. The molecule has 1 aliphatic carbocycles. The van der Waals surface area contributed by atoms with Crippen molar-refractivity contribution in [3.8, 4) is 5.75 Å². The minimum absolute atomic E-state index is 0.0839. The van der Waals surface area contributed by atoms with Crippen LogP contribution in [0.25, 0.3) is 0 Å². The molecule has 3 N–H and O–H groups in total. The van der Waals surface area contributed by atoms with Gasteiger partial charge in [-0.1, -0.05) is 36.4 Å². The van der Waals surface area contributed by atoms with E-state index >= 15 is 0 Å². The summed E-state index contributed by atoms with van der Waals surface area (Å²) in [6.45, 7) is -0.812. The molecule has 0 bridgehead atoms. The summed E-state index contributed by atoms with van der Waals surface area (Å²) in [4.78, 5) is 10.5. The van der Waals surface area contributed by atoms with E-state index in [4.69, 9.17) is 9.84 Å². The molecule has 7 heteroatoms. The highest BCUT2D eigenvalue weighted by molar-refractivity contribution is 5.66. The van der Waals surface area contributed by atoms with Crippen molar-refractivity contribution in [2.24, 2.45) is 11.8 Å². The van der Waals surface area contributed by atoms with E-state index in [1.54, 1.807) is 30.3 Å². The molecule has 0 saturated heterocycles. The Morgan fingerprint density at radius 2 is 1.90 bits per heavy atom. The molecule has 1 aromatic carbocycles. The number of hydrogen-bond acceptors (Lipinski definition) is 4. The molecule has 0 heterocycles. The highest BCUT2D eigenvalue weighted by Crippen LogP contribution is 2.37. The molecule has 1 aromatic rings. The van der Waals surface area contributed by atoms with Crippen LogP contribution >= 0.6 is 0 Å². The van der Waals surface area contributed by atoms with Gasteiger partial charge in [0.1, 0.15) is 5.75 Å². The molecule has 0 aromatic heterocycles. The van der Waals surface area contributed by atoms with Gasteiger partial charge in [0.25, 0.3) is 5.92 Å². The Balaban J connectivity index is 1.89. The number of aliphatic carboxylic acids is 1. The van der Waals surface area contributed by atoms with Crippen LogP contribution in [0.15, 0.2) is 54.6 Å². The number of ether oxygens (including phenoxy) is 1. The number of carboxylic acid groups (broad SMARTS) is 1. The summed E-state index contributed by atoms with van der Waals surface area (Å²) in [5.41, 5.74) is 0. The summed E-state index contributed by atoms with van der Waals surface area (Å²) in [6.07, 6.45) is 5.73. The monoisotopic (exact) mass is 410 g/mol. The molecule has 4 atom stereocenters. The molecule has 1 unspecified atom stereocenters. The van der Waals surface area contributed by atoms with E-state index in [-0.39, 0.29) is 18.8 Å². The molecule has 0 amide bonds. The summed E-state index contributed by atoms with van der Waals surface area (Å²) in [7, 11) is 0. The smallest absolute Gasteiger partial charge is 0.303 e. The molecule has 0 aliphatic heterocycles. The topological polar surface area (TPSA) is 87.0 Å². The fourth-order valence-electron chi connectivity index (χ4n) is 3.45. The number of para-hydroxylation sites is 1. The van der Waals surface area contributed by atoms with E-state index in [0.717, 1.165) is 6.08 Å². The number of benzene rings is 1. The van der Waals surface area contributed by atoms with Gasteiger partial charge in [-0.15, -0.1) is 0 Å². The van der Waals surface area contributed by atoms with Gasteiger partial charge in [-0.2, -0.15) is 8.78 Å². The zero-order valence-corrected chi connectivity index (χ0v) is 16.2. The molecule has 160 valence electrons. The summed E-state index contributed by atoms with van der Waals surface area (Å²) in [5, 5.41) is 28.9. The van der Waals surface area contributed by atoms with Crippen molar-refractivity contribution in [2.75, 3.05) is 6.61 Å². The maximum Gasteiger partial charge on any atom is 0.303 e. The second-order valence-corrected chi connectivity index (χ2v) is 7.33. The maximum atomic E-state index is 14.2. The Labute approximate surface area is 169 Å². The number of alkyl halides is 2. The summed E-state index contributed by atoms with van der Waals surface area (Å²) < 4.78 is 33.4. The molecule has 2 rings (SSSR count). The average molecular weight is 410 g/mol. The van der Waals surface area contributed by atoms with Crippen molar-refractivity contribution >= 4 is 5.97 Å². The number of carboxylic acids is 1. The molecule has 1 aliphatic rings. The third-order valence-corrected chi connectivity index (χ3v) is 4.99. The lowest BCUT2D eigenvalue weighted by molar-refractivity contribution is -0.137. The third-order valence-electron chi connectivity index (χ3n) is 4.99. The van der Waals surface area contributed by atoms with Crippen molar-refractivity contribution in [2.45, 2.75) is 50.2 Å². The largest absolute Gasteiger partial charge is 0.487 e. The Kier molecular flexibility index (Phi) is 8.79. The molecule has 1 fully saturated rings. The van der Waals surface area contributed by atoms with Crippen molar-refractivity contribution in [1.29, 1.82) is 0 Å². The van der Waals surface area contributed by atoms with Gasteiger partial charge in [-0.25, -0.2) is 0 Å².